The van der Waals surface area contributed by atoms with Crippen molar-refractivity contribution in [2.45, 2.75) is 19.9 Å². The summed E-state index contributed by atoms with van der Waals surface area (Å²) in [6, 6.07) is 0.285. The maximum atomic E-state index is 4.26. The summed E-state index contributed by atoms with van der Waals surface area (Å²) in [6.45, 7) is 3.99. The molecule has 0 aromatic carbocycles. The first-order valence-corrected chi connectivity index (χ1v) is 3.03. The Balaban J connectivity index is 2.77. The smallest absolute Gasteiger partial charge is 0.0673 e. The average molecular weight is 122 g/mol. The van der Waals surface area contributed by atoms with E-state index in [-0.39, 0.29) is 6.04 Å². The second kappa shape index (κ2) is 2.58. The lowest BCUT2D eigenvalue weighted by molar-refractivity contribution is 0.928. The zero-order valence-corrected chi connectivity index (χ0v) is 5.70. The topological polar surface area (TPSA) is 24.7 Å². The van der Waals surface area contributed by atoms with Crippen LogP contribution in [0.5, 0.6) is 0 Å². The molecule has 0 aromatic rings. The molecule has 0 fully saturated rings. The van der Waals surface area contributed by atoms with Gasteiger partial charge in [-0.3, -0.25) is 9.98 Å². The second-order valence-corrected chi connectivity index (χ2v) is 2.13. The molecule has 0 spiro atoms. The van der Waals surface area contributed by atoms with Crippen molar-refractivity contribution in [1.82, 2.24) is 0 Å². The monoisotopic (exact) mass is 122 g/mol. The molecule has 1 aliphatic rings. The van der Waals surface area contributed by atoms with E-state index in [1.165, 1.54) is 0 Å². The highest BCUT2D eigenvalue weighted by molar-refractivity contribution is 6.29. The molecule has 0 aliphatic carbocycles. The Hall–Kier alpha value is -0.920. The number of hydrogen-bond acceptors (Lipinski definition) is 2. The van der Waals surface area contributed by atoms with E-state index in [1.54, 1.807) is 12.4 Å². The van der Waals surface area contributed by atoms with E-state index in [1.807, 2.05) is 19.9 Å². The van der Waals surface area contributed by atoms with Crippen LogP contribution in [0.2, 0.25) is 0 Å². The van der Waals surface area contributed by atoms with Crippen LogP contribution in [0.3, 0.4) is 0 Å². The zero-order chi connectivity index (χ0) is 6.69. The van der Waals surface area contributed by atoms with Crippen LogP contribution in [-0.4, -0.2) is 18.0 Å². The quantitative estimate of drug-likeness (QED) is 0.464. The maximum Gasteiger partial charge on any atom is 0.0673 e. The molecule has 0 aromatic heterocycles. The van der Waals surface area contributed by atoms with Crippen LogP contribution >= 0.6 is 0 Å². The molecule has 0 amide bonds. The van der Waals surface area contributed by atoms with Gasteiger partial charge in [-0.2, -0.15) is 0 Å². The molecule has 9 heavy (non-hydrogen) atoms. The Morgan fingerprint density at radius 3 is 3.11 bits per heavy atom. The van der Waals surface area contributed by atoms with Crippen LogP contribution < -0.4 is 0 Å². The highest BCUT2D eigenvalue weighted by Crippen LogP contribution is 1.95. The second-order valence-electron chi connectivity index (χ2n) is 2.13. The highest BCUT2D eigenvalue weighted by atomic mass is 14.8. The lowest BCUT2D eigenvalue weighted by atomic mass is 10.3. The largest absolute Gasteiger partial charge is 0.281 e. The molecule has 0 bridgehead atoms. The van der Waals surface area contributed by atoms with Gasteiger partial charge in [-0.15, -0.1) is 0 Å². The van der Waals surface area contributed by atoms with Crippen molar-refractivity contribution in [1.29, 1.82) is 0 Å². The van der Waals surface area contributed by atoms with Crippen molar-refractivity contribution in [2.24, 2.45) is 9.98 Å². The Kier molecular flexibility index (Phi) is 1.78. The summed E-state index contributed by atoms with van der Waals surface area (Å²) < 4.78 is 0. The predicted octanol–water partition coefficient (Wildman–Crippen LogP) is 1.43. The SMILES string of the molecule is CC1=NC(C)C=CN=C1. The summed E-state index contributed by atoms with van der Waals surface area (Å²) in [5, 5.41) is 0. The Morgan fingerprint density at radius 1 is 1.56 bits per heavy atom. The van der Waals surface area contributed by atoms with Gasteiger partial charge in [-0.25, -0.2) is 0 Å². The van der Waals surface area contributed by atoms with Crippen molar-refractivity contribution < 1.29 is 0 Å². The summed E-state index contributed by atoms with van der Waals surface area (Å²) >= 11 is 0. The molecule has 0 N–H and O–H groups in total. The minimum absolute atomic E-state index is 0.285. The third-order valence-corrected chi connectivity index (χ3v) is 1.12. The maximum absolute atomic E-state index is 4.26. The molecule has 1 atom stereocenters. The number of nitrogens with zero attached hydrogens (tertiary/aromatic N) is 2. The molecule has 2 heteroatoms. The Morgan fingerprint density at radius 2 is 2.33 bits per heavy atom. The first-order chi connectivity index (χ1) is 4.29. The lowest BCUT2D eigenvalue weighted by Gasteiger charge is -1.94. The van der Waals surface area contributed by atoms with Crippen LogP contribution in [0.25, 0.3) is 0 Å². The minimum atomic E-state index is 0.285. The van der Waals surface area contributed by atoms with Gasteiger partial charge >= 0.3 is 0 Å². The first-order valence-electron chi connectivity index (χ1n) is 3.03. The third kappa shape index (κ3) is 1.80. The fourth-order valence-corrected chi connectivity index (χ4v) is 0.723. The van der Waals surface area contributed by atoms with Crippen molar-refractivity contribution in [3.63, 3.8) is 0 Å². The molecular formula is C7H10N2. The van der Waals surface area contributed by atoms with Crippen molar-refractivity contribution >= 4 is 11.9 Å². The van der Waals surface area contributed by atoms with Gasteiger partial charge in [0.25, 0.3) is 0 Å². The van der Waals surface area contributed by atoms with E-state index in [2.05, 4.69) is 9.98 Å². The van der Waals surface area contributed by atoms with Crippen molar-refractivity contribution in [3.8, 4) is 0 Å². The summed E-state index contributed by atoms with van der Waals surface area (Å²) in [6.07, 6.45) is 5.51. The normalized spacial score (nSPS) is 25.6. The van der Waals surface area contributed by atoms with Gasteiger partial charge in [0.1, 0.15) is 0 Å². The number of aliphatic imine (C=N–C) groups is 2. The molecule has 2 nitrogen and oxygen atoms in total. The molecule has 48 valence electrons. The standard InChI is InChI=1S/C7H10N2/c1-6-3-4-8-5-7(2)9-6/h3-6H,1-2H3. The molecule has 1 aliphatic heterocycles. The van der Waals surface area contributed by atoms with Crippen LogP contribution in [0.15, 0.2) is 22.3 Å². The number of hydrogen-bond donors (Lipinski definition) is 0. The Bertz CT molecular complexity index is 177. The van der Waals surface area contributed by atoms with E-state index in [0.717, 1.165) is 5.71 Å². The van der Waals surface area contributed by atoms with Gasteiger partial charge in [0.15, 0.2) is 0 Å². The van der Waals surface area contributed by atoms with E-state index in [4.69, 9.17) is 0 Å². The Labute approximate surface area is 55.0 Å². The summed E-state index contributed by atoms with van der Waals surface area (Å²) in [7, 11) is 0. The fourth-order valence-electron chi connectivity index (χ4n) is 0.723. The molecule has 0 saturated carbocycles. The van der Waals surface area contributed by atoms with Gasteiger partial charge in [-0.05, 0) is 19.9 Å². The van der Waals surface area contributed by atoms with Crippen LogP contribution in [0.1, 0.15) is 13.8 Å². The van der Waals surface area contributed by atoms with E-state index in [0.29, 0.717) is 0 Å². The van der Waals surface area contributed by atoms with Gasteiger partial charge in [0.05, 0.1) is 11.8 Å². The summed E-state index contributed by atoms with van der Waals surface area (Å²) in [4.78, 5) is 8.22. The average Bonchev–Trinajstić information content (AvgIpc) is 1.93. The molecule has 1 heterocycles. The van der Waals surface area contributed by atoms with E-state index < -0.39 is 0 Å². The predicted molar refractivity (Wildman–Crippen MR) is 40.2 cm³/mol. The van der Waals surface area contributed by atoms with E-state index >= 15 is 0 Å². The fraction of sp³-hybridized carbons (Fsp3) is 0.429. The van der Waals surface area contributed by atoms with Crippen LogP contribution in [0.4, 0.5) is 0 Å². The highest BCUT2D eigenvalue weighted by Gasteiger charge is 1.94. The molecular weight excluding hydrogens is 112 g/mol. The molecule has 1 unspecified atom stereocenters. The van der Waals surface area contributed by atoms with E-state index in [9.17, 15) is 0 Å². The van der Waals surface area contributed by atoms with Crippen molar-refractivity contribution in [3.05, 3.63) is 12.3 Å². The van der Waals surface area contributed by atoms with Gasteiger partial charge in [-0.1, -0.05) is 0 Å². The van der Waals surface area contributed by atoms with Gasteiger partial charge in [0, 0.05) is 12.4 Å². The van der Waals surface area contributed by atoms with Gasteiger partial charge < -0.3 is 0 Å². The molecule has 0 saturated heterocycles. The summed E-state index contributed by atoms with van der Waals surface area (Å²) in [5.74, 6) is 0. The number of rotatable bonds is 0. The zero-order valence-electron chi connectivity index (χ0n) is 5.70. The first kappa shape index (κ1) is 6.20. The minimum Gasteiger partial charge on any atom is -0.281 e. The lowest BCUT2D eigenvalue weighted by Crippen LogP contribution is -1.97. The third-order valence-electron chi connectivity index (χ3n) is 1.12. The van der Waals surface area contributed by atoms with Crippen LogP contribution in [0, 0.1) is 0 Å². The van der Waals surface area contributed by atoms with Crippen molar-refractivity contribution in [2.75, 3.05) is 0 Å². The summed E-state index contributed by atoms with van der Waals surface area (Å²) in [5.41, 5.74) is 0.993. The molecule has 0 radical (unpaired) electrons. The molecule has 1 rings (SSSR count). The van der Waals surface area contributed by atoms with Crippen LogP contribution in [-0.2, 0) is 0 Å². The van der Waals surface area contributed by atoms with Gasteiger partial charge in [0.2, 0.25) is 0 Å².